The Morgan fingerprint density at radius 3 is 2.10 bits per heavy atom. The van der Waals surface area contributed by atoms with Gasteiger partial charge in [-0.3, -0.25) is 9.59 Å². The number of hydrogen-bond donors (Lipinski definition) is 3. The third kappa shape index (κ3) is 3.83. The average molecular weight is 335 g/mol. The van der Waals surface area contributed by atoms with Gasteiger partial charge in [-0.1, -0.05) is 22.0 Å². The number of halogens is 1. The number of benzene rings is 2. The van der Waals surface area contributed by atoms with Gasteiger partial charge in [0, 0.05) is 21.9 Å². The van der Waals surface area contributed by atoms with Gasteiger partial charge in [-0.15, -0.1) is 0 Å². The molecule has 0 aromatic heterocycles. The van der Waals surface area contributed by atoms with Gasteiger partial charge in [0.2, 0.25) is 0 Å². The molecule has 102 valence electrons. The maximum Gasteiger partial charge on any atom is 0.314 e. The Hall–Kier alpha value is -2.34. The molecule has 0 aliphatic carbocycles. The van der Waals surface area contributed by atoms with Crippen LogP contribution in [-0.4, -0.2) is 16.9 Å². The van der Waals surface area contributed by atoms with E-state index in [1.807, 2.05) is 0 Å². The van der Waals surface area contributed by atoms with Crippen LogP contribution in [0.3, 0.4) is 0 Å². The zero-order chi connectivity index (χ0) is 14.5. The molecule has 0 saturated carbocycles. The molecule has 0 atom stereocenters. The second-order valence-corrected chi connectivity index (χ2v) is 4.88. The lowest BCUT2D eigenvalue weighted by atomic mass is 10.3. The number of hydrogen-bond acceptors (Lipinski definition) is 3. The Labute approximate surface area is 123 Å². The van der Waals surface area contributed by atoms with E-state index in [1.54, 1.807) is 36.4 Å². The van der Waals surface area contributed by atoms with E-state index in [1.165, 1.54) is 12.1 Å². The Morgan fingerprint density at radius 1 is 0.900 bits per heavy atom. The Balaban J connectivity index is 1.98. The zero-order valence-corrected chi connectivity index (χ0v) is 11.8. The number of carbonyl (C=O) groups excluding carboxylic acids is 2. The first-order valence-electron chi connectivity index (χ1n) is 5.71. The minimum absolute atomic E-state index is 0.0103. The third-order valence-corrected chi connectivity index (χ3v) is 2.94. The number of phenols is 1. The number of amides is 2. The van der Waals surface area contributed by atoms with Crippen LogP contribution < -0.4 is 10.6 Å². The molecule has 0 spiro atoms. The Bertz CT molecular complexity index is 641. The summed E-state index contributed by atoms with van der Waals surface area (Å²) in [5.41, 5.74) is 0.866. The van der Waals surface area contributed by atoms with Crippen molar-refractivity contribution in [2.45, 2.75) is 0 Å². The summed E-state index contributed by atoms with van der Waals surface area (Å²) >= 11 is 3.28. The molecular weight excluding hydrogens is 324 g/mol. The van der Waals surface area contributed by atoms with Crippen LogP contribution >= 0.6 is 15.9 Å². The lowest BCUT2D eigenvalue weighted by molar-refractivity contribution is -0.132. The molecule has 6 heteroatoms. The molecule has 3 N–H and O–H groups in total. The van der Waals surface area contributed by atoms with Crippen LogP contribution in [0.15, 0.2) is 53.0 Å². The number of aromatic hydroxyl groups is 1. The van der Waals surface area contributed by atoms with Crippen LogP contribution in [0.1, 0.15) is 0 Å². The van der Waals surface area contributed by atoms with Gasteiger partial charge in [-0.05, 0) is 36.4 Å². The van der Waals surface area contributed by atoms with Crippen molar-refractivity contribution in [3.8, 4) is 5.75 Å². The molecule has 2 amide bonds. The van der Waals surface area contributed by atoms with Crippen molar-refractivity contribution in [1.29, 1.82) is 0 Å². The molecule has 0 fully saturated rings. The highest BCUT2D eigenvalue weighted by molar-refractivity contribution is 9.10. The molecule has 5 nitrogen and oxygen atoms in total. The highest BCUT2D eigenvalue weighted by Gasteiger charge is 2.14. The van der Waals surface area contributed by atoms with Crippen molar-refractivity contribution in [1.82, 2.24) is 0 Å². The maximum atomic E-state index is 11.7. The topological polar surface area (TPSA) is 78.4 Å². The highest BCUT2D eigenvalue weighted by atomic mass is 79.9. The smallest absolute Gasteiger partial charge is 0.314 e. The van der Waals surface area contributed by atoms with Crippen molar-refractivity contribution >= 4 is 39.1 Å². The second kappa shape index (κ2) is 6.21. The Morgan fingerprint density at radius 2 is 1.50 bits per heavy atom. The predicted molar refractivity (Wildman–Crippen MR) is 79.5 cm³/mol. The lowest BCUT2D eigenvalue weighted by Gasteiger charge is -2.06. The van der Waals surface area contributed by atoms with Crippen LogP contribution in [0.4, 0.5) is 11.4 Å². The van der Waals surface area contributed by atoms with Gasteiger partial charge in [0.05, 0.1) is 0 Å². The minimum atomic E-state index is -0.807. The van der Waals surface area contributed by atoms with Gasteiger partial charge in [0.1, 0.15) is 5.75 Å². The molecule has 0 bridgehead atoms. The lowest BCUT2D eigenvalue weighted by Crippen LogP contribution is -2.29. The van der Waals surface area contributed by atoms with E-state index in [0.29, 0.717) is 11.4 Å². The van der Waals surface area contributed by atoms with E-state index in [4.69, 9.17) is 0 Å². The van der Waals surface area contributed by atoms with Gasteiger partial charge in [0.15, 0.2) is 0 Å². The molecule has 0 aliphatic rings. The normalized spacial score (nSPS) is 9.85. The van der Waals surface area contributed by atoms with Gasteiger partial charge in [0.25, 0.3) is 0 Å². The van der Waals surface area contributed by atoms with Crippen molar-refractivity contribution in [2.75, 3.05) is 10.6 Å². The Kier molecular flexibility index (Phi) is 4.37. The monoisotopic (exact) mass is 334 g/mol. The second-order valence-electron chi connectivity index (χ2n) is 3.97. The molecule has 0 aliphatic heterocycles. The summed E-state index contributed by atoms with van der Waals surface area (Å²) in [5.74, 6) is -1.58. The van der Waals surface area contributed by atoms with Crippen molar-refractivity contribution in [3.05, 3.63) is 53.0 Å². The van der Waals surface area contributed by atoms with Crippen LogP contribution in [0.2, 0.25) is 0 Å². The number of phenolic OH excluding ortho intramolecular Hbond substituents is 1. The number of rotatable bonds is 2. The molecule has 0 saturated heterocycles. The highest BCUT2D eigenvalue weighted by Crippen LogP contribution is 2.16. The summed E-state index contributed by atoms with van der Waals surface area (Å²) in [4.78, 5) is 23.4. The first-order valence-corrected chi connectivity index (χ1v) is 6.51. The first-order chi connectivity index (χ1) is 9.54. The molecule has 2 rings (SSSR count). The minimum Gasteiger partial charge on any atom is -0.508 e. The maximum absolute atomic E-state index is 11.7. The first kappa shape index (κ1) is 14.1. The van der Waals surface area contributed by atoms with Crippen molar-refractivity contribution in [3.63, 3.8) is 0 Å². The van der Waals surface area contributed by atoms with Crippen LogP contribution in [0, 0.1) is 0 Å². The molecular formula is C14H11BrN2O3. The molecule has 0 heterocycles. The van der Waals surface area contributed by atoms with E-state index >= 15 is 0 Å². The average Bonchev–Trinajstić information content (AvgIpc) is 2.41. The summed E-state index contributed by atoms with van der Waals surface area (Å²) in [6.07, 6.45) is 0. The molecule has 0 radical (unpaired) electrons. The number of nitrogens with one attached hydrogen (secondary N) is 2. The van der Waals surface area contributed by atoms with Crippen LogP contribution in [0.25, 0.3) is 0 Å². The molecule has 20 heavy (non-hydrogen) atoms. The van der Waals surface area contributed by atoms with Crippen molar-refractivity contribution < 1.29 is 14.7 Å². The summed E-state index contributed by atoms with van der Waals surface area (Å²) < 4.78 is 0.875. The SMILES string of the molecule is O=C(Nc1ccc(Br)cc1)C(=O)Nc1cccc(O)c1. The zero-order valence-electron chi connectivity index (χ0n) is 10.3. The van der Waals surface area contributed by atoms with Crippen LogP contribution in [0.5, 0.6) is 5.75 Å². The number of carbonyl (C=O) groups is 2. The van der Waals surface area contributed by atoms with E-state index in [2.05, 4.69) is 26.6 Å². The largest absolute Gasteiger partial charge is 0.508 e. The molecule has 2 aromatic rings. The fourth-order valence-electron chi connectivity index (χ4n) is 1.49. The van der Waals surface area contributed by atoms with Gasteiger partial charge in [-0.2, -0.15) is 0 Å². The number of anilines is 2. The quantitative estimate of drug-likeness (QED) is 0.739. The standard InChI is InChI=1S/C14H11BrN2O3/c15-9-4-6-10(7-5-9)16-13(19)14(20)17-11-2-1-3-12(18)8-11/h1-8,18H,(H,16,19)(H,17,20). The van der Waals surface area contributed by atoms with E-state index in [0.717, 1.165) is 4.47 Å². The summed E-state index contributed by atoms with van der Waals surface area (Å²) in [6, 6.07) is 12.8. The summed E-state index contributed by atoms with van der Waals surface area (Å²) in [5, 5.41) is 14.1. The van der Waals surface area contributed by atoms with Gasteiger partial charge in [-0.25, -0.2) is 0 Å². The van der Waals surface area contributed by atoms with Gasteiger partial charge >= 0.3 is 11.8 Å². The van der Waals surface area contributed by atoms with E-state index in [-0.39, 0.29) is 5.75 Å². The van der Waals surface area contributed by atoms with Crippen LogP contribution in [-0.2, 0) is 9.59 Å². The molecule has 2 aromatic carbocycles. The fourth-order valence-corrected chi connectivity index (χ4v) is 1.76. The molecule has 0 unspecified atom stereocenters. The summed E-state index contributed by atoms with van der Waals surface area (Å²) in [6.45, 7) is 0. The van der Waals surface area contributed by atoms with Crippen molar-refractivity contribution in [2.24, 2.45) is 0 Å². The summed E-state index contributed by atoms with van der Waals surface area (Å²) in [7, 11) is 0. The predicted octanol–water partition coefficient (Wildman–Crippen LogP) is 2.73. The fraction of sp³-hybridized carbons (Fsp3) is 0. The van der Waals surface area contributed by atoms with Gasteiger partial charge < -0.3 is 15.7 Å². The van der Waals surface area contributed by atoms with E-state index < -0.39 is 11.8 Å². The van der Waals surface area contributed by atoms with E-state index in [9.17, 15) is 14.7 Å². The third-order valence-electron chi connectivity index (χ3n) is 2.41.